The zero-order valence-corrected chi connectivity index (χ0v) is 14.2. The van der Waals surface area contributed by atoms with Crippen LogP contribution in [0.2, 0.25) is 0 Å². The maximum atomic E-state index is 12.6. The highest BCUT2D eigenvalue weighted by molar-refractivity contribution is 9.10. The van der Waals surface area contributed by atoms with Crippen LogP contribution in [0.3, 0.4) is 0 Å². The first kappa shape index (κ1) is 14.2. The molecule has 1 aliphatic heterocycles. The number of nitrogens with zero attached hydrogens (tertiary/aromatic N) is 2. The molecule has 1 aromatic heterocycles. The van der Waals surface area contributed by atoms with E-state index in [0.717, 1.165) is 32.4 Å². The van der Waals surface area contributed by atoms with Crippen LogP contribution in [0.4, 0.5) is 0 Å². The van der Waals surface area contributed by atoms with Gasteiger partial charge in [0, 0.05) is 27.1 Å². The van der Waals surface area contributed by atoms with E-state index in [0.29, 0.717) is 0 Å². The maximum absolute atomic E-state index is 12.6. The number of H-pyrrole nitrogens is 1. The van der Waals surface area contributed by atoms with Crippen molar-refractivity contribution in [2.75, 3.05) is 0 Å². The Kier molecular flexibility index (Phi) is 2.89. The lowest BCUT2D eigenvalue weighted by molar-refractivity contribution is -0.140. The molecule has 5 nitrogen and oxygen atoms in total. The molecule has 0 spiro atoms. The van der Waals surface area contributed by atoms with E-state index in [2.05, 4.69) is 38.2 Å². The summed E-state index contributed by atoms with van der Waals surface area (Å²) in [4.78, 5) is 28.4. The zero-order valence-electron chi connectivity index (χ0n) is 12.6. The number of allylic oxidation sites excluding steroid dienone is 2. The second kappa shape index (κ2) is 4.89. The first-order chi connectivity index (χ1) is 11.6. The van der Waals surface area contributed by atoms with Gasteiger partial charge < -0.3 is 4.98 Å². The van der Waals surface area contributed by atoms with Crippen molar-refractivity contribution in [1.29, 1.82) is 0 Å². The summed E-state index contributed by atoms with van der Waals surface area (Å²) in [5.74, 6) is -0.303. The molecule has 2 aromatic rings. The minimum atomic E-state index is -0.207. The highest BCUT2D eigenvalue weighted by Gasteiger charge is 2.59. The van der Waals surface area contributed by atoms with Crippen molar-refractivity contribution in [1.82, 2.24) is 9.99 Å². The van der Waals surface area contributed by atoms with Gasteiger partial charge in [-0.2, -0.15) is 10.1 Å². The maximum Gasteiger partial charge on any atom is 0.254 e. The number of fused-ring (bicyclic) bond motifs is 6. The number of nitrogens with one attached hydrogen (secondary N) is 1. The smallest absolute Gasteiger partial charge is 0.254 e. The molecule has 2 fully saturated rings. The average Bonchev–Trinajstić information content (AvgIpc) is 3.31. The third kappa shape index (κ3) is 1.83. The Hall–Kier alpha value is -2.21. The number of aromatic amines is 1. The van der Waals surface area contributed by atoms with E-state index in [1.807, 2.05) is 24.4 Å². The van der Waals surface area contributed by atoms with Gasteiger partial charge in [0.05, 0.1) is 18.1 Å². The number of amides is 2. The Balaban J connectivity index is 1.47. The molecule has 1 aromatic carbocycles. The van der Waals surface area contributed by atoms with Crippen LogP contribution < -0.4 is 0 Å². The van der Waals surface area contributed by atoms with Crippen molar-refractivity contribution < 1.29 is 9.59 Å². The molecule has 1 saturated carbocycles. The van der Waals surface area contributed by atoms with Gasteiger partial charge in [0.15, 0.2) is 0 Å². The van der Waals surface area contributed by atoms with E-state index in [1.165, 1.54) is 0 Å². The van der Waals surface area contributed by atoms with E-state index in [-0.39, 0.29) is 35.5 Å². The number of halogens is 1. The third-order valence-corrected chi connectivity index (χ3v) is 5.93. The largest absolute Gasteiger partial charge is 0.361 e. The second-order valence-corrected chi connectivity index (χ2v) is 7.58. The summed E-state index contributed by atoms with van der Waals surface area (Å²) in [6.07, 6.45) is 8.53. The molecule has 0 radical (unpaired) electrons. The first-order valence-electron chi connectivity index (χ1n) is 8.00. The molecule has 2 bridgehead atoms. The molecule has 24 heavy (non-hydrogen) atoms. The Morgan fingerprint density at radius 2 is 1.88 bits per heavy atom. The number of carbonyl (C=O) groups is 2. The van der Waals surface area contributed by atoms with E-state index >= 15 is 0 Å². The van der Waals surface area contributed by atoms with E-state index in [4.69, 9.17) is 0 Å². The molecular formula is C18H14BrN3O2. The van der Waals surface area contributed by atoms with Crippen LogP contribution in [-0.2, 0) is 9.59 Å². The number of hydrogen-bond acceptors (Lipinski definition) is 3. The number of benzene rings is 1. The van der Waals surface area contributed by atoms with Crippen molar-refractivity contribution in [3.05, 3.63) is 46.6 Å². The lowest BCUT2D eigenvalue weighted by Crippen LogP contribution is -2.28. The van der Waals surface area contributed by atoms with Crippen LogP contribution in [0.5, 0.6) is 0 Å². The fraction of sp³-hybridized carbons (Fsp3) is 0.278. The topological polar surface area (TPSA) is 65.5 Å². The van der Waals surface area contributed by atoms with E-state index < -0.39 is 0 Å². The fourth-order valence-corrected chi connectivity index (χ4v) is 4.70. The Bertz CT molecular complexity index is 915. The summed E-state index contributed by atoms with van der Waals surface area (Å²) in [6, 6.07) is 5.91. The summed E-state index contributed by atoms with van der Waals surface area (Å²) in [6.45, 7) is 0. The van der Waals surface area contributed by atoms with Crippen molar-refractivity contribution in [2.45, 2.75) is 6.42 Å². The molecular weight excluding hydrogens is 370 g/mol. The van der Waals surface area contributed by atoms with Crippen LogP contribution in [0.1, 0.15) is 12.0 Å². The normalized spacial score (nSPS) is 31.1. The highest BCUT2D eigenvalue weighted by Crippen LogP contribution is 2.52. The van der Waals surface area contributed by atoms with Crippen LogP contribution in [0.25, 0.3) is 10.9 Å². The van der Waals surface area contributed by atoms with Crippen LogP contribution >= 0.6 is 15.9 Å². The van der Waals surface area contributed by atoms with Crippen LogP contribution in [-0.4, -0.2) is 28.0 Å². The summed E-state index contributed by atoms with van der Waals surface area (Å²) < 4.78 is 0.967. The quantitative estimate of drug-likeness (QED) is 0.491. The number of carbonyl (C=O) groups excluding carboxylic acids is 2. The monoisotopic (exact) mass is 383 g/mol. The molecule has 2 aliphatic carbocycles. The van der Waals surface area contributed by atoms with Crippen LogP contribution in [0.15, 0.2) is 46.1 Å². The van der Waals surface area contributed by atoms with Gasteiger partial charge in [-0.1, -0.05) is 28.1 Å². The predicted molar refractivity (Wildman–Crippen MR) is 93.2 cm³/mol. The Morgan fingerprint density at radius 1 is 1.17 bits per heavy atom. The van der Waals surface area contributed by atoms with Crippen molar-refractivity contribution in [3.63, 3.8) is 0 Å². The van der Waals surface area contributed by atoms with Crippen molar-refractivity contribution >= 4 is 44.9 Å². The summed E-state index contributed by atoms with van der Waals surface area (Å²) >= 11 is 3.46. The van der Waals surface area contributed by atoms with E-state index in [9.17, 15) is 9.59 Å². The minimum absolute atomic E-state index is 0.154. The summed E-state index contributed by atoms with van der Waals surface area (Å²) in [7, 11) is 0. The van der Waals surface area contributed by atoms with Gasteiger partial charge in [-0.15, -0.1) is 0 Å². The Morgan fingerprint density at radius 3 is 2.58 bits per heavy atom. The predicted octanol–water partition coefficient (Wildman–Crippen LogP) is 3.07. The molecule has 4 atom stereocenters. The fourth-order valence-electron chi connectivity index (χ4n) is 4.34. The second-order valence-electron chi connectivity index (χ2n) is 6.67. The summed E-state index contributed by atoms with van der Waals surface area (Å²) in [5, 5.41) is 6.31. The van der Waals surface area contributed by atoms with Gasteiger partial charge in [-0.25, -0.2) is 0 Å². The lowest BCUT2D eigenvalue weighted by atomic mass is 9.85. The van der Waals surface area contributed by atoms with E-state index in [1.54, 1.807) is 6.21 Å². The number of imide groups is 1. The number of hydrazone groups is 1. The lowest BCUT2D eigenvalue weighted by Gasteiger charge is -2.13. The van der Waals surface area contributed by atoms with Crippen molar-refractivity contribution in [2.24, 2.45) is 28.8 Å². The molecule has 1 N–H and O–H groups in total. The average molecular weight is 384 g/mol. The minimum Gasteiger partial charge on any atom is -0.361 e. The van der Waals surface area contributed by atoms with Crippen molar-refractivity contribution in [3.8, 4) is 0 Å². The van der Waals surface area contributed by atoms with Crippen LogP contribution in [0, 0.1) is 23.7 Å². The Labute approximate surface area is 146 Å². The standard InChI is InChI=1S/C18H14BrN3O2/c19-12-3-4-14-13(6-12)11(7-20-14)8-21-22-17(23)15-9-1-2-10(5-9)16(15)18(22)24/h1-4,6-10,15-16,20H,5H2/t9-,10-,15-,16+/m0/s1. The van der Waals surface area contributed by atoms with Gasteiger partial charge in [0.1, 0.15) is 0 Å². The summed E-state index contributed by atoms with van der Waals surface area (Å²) in [5.41, 5.74) is 1.84. The SMILES string of the molecule is O=C1[C@@H]2[C@H](C(=O)N1N=Cc1c[nH]c3ccc(Br)cc13)[C@H]1C=C[C@H]2C1. The van der Waals surface area contributed by atoms with Gasteiger partial charge in [0.2, 0.25) is 0 Å². The molecule has 5 rings (SSSR count). The molecule has 2 amide bonds. The highest BCUT2D eigenvalue weighted by atomic mass is 79.9. The van der Waals surface area contributed by atoms with Gasteiger partial charge in [0.25, 0.3) is 11.8 Å². The number of rotatable bonds is 2. The zero-order chi connectivity index (χ0) is 16.4. The molecule has 6 heteroatoms. The molecule has 0 unspecified atom stereocenters. The molecule has 1 saturated heterocycles. The molecule has 3 aliphatic rings. The first-order valence-corrected chi connectivity index (χ1v) is 8.79. The number of aromatic nitrogens is 1. The third-order valence-electron chi connectivity index (χ3n) is 5.44. The number of hydrogen-bond donors (Lipinski definition) is 1. The van der Waals surface area contributed by atoms with Gasteiger partial charge >= 0.3 is 0 Å². The molecule has 2 heterocycles. The van der Waals surface area contributed by atoms with Gasteiger partial charge in [-0.3, -0.25) is 9.59 Å². The molecule has 120 valence electrons. The van der Waals surface area contributed by atoms with Gasteiger partial charge in [-0.05, 0) is 36.5 Å².